The third kappa shape index (κ3) is 3.22. The van der Waals surface area contributed by atoms with Crippen LogP contribution in [0.1, 0.15) is 66.6 Å². The molecule has 5 nitrogen and oxygen atoms in total. The van der Waals surface area contributed by atoms with Crippen molar-refractivity contribution in [3.05, 3.63) is 52.8 Å². The monoisotopic (exact) mass is 381 g/mol. The lowest BCUT2D eigenvalue weighted by Gasteiger charge is -2.41. The lowest BCUT2D eigenvalue weighted by Crippen LogP contribution is -2.47. The molecular formula is C23H31N3O2. The van der Waals surface area contributed by atoms with Crippen LogP contribution in [0.2, 0.25) is 0 Å². The van der Waals surface area contributed by atoms with Crippen LogP contribution in [0.15, 0.2) is 30.3 Å². The molecule has 1 N–H and O–H groups in total. The maximum atomic E-state index is 13.3. The lowest BCUT2D eigenvalue weighted by molar-refractivity contribution is 0.0592. The van der Waals surface area contributed by atoms with Crippen molar-refractivity contribution in [2.24, 2.45) is 0 Å². The summed E-state index contributed by atoms with van der Waals surface area (Å²) < 4.78 is 8.21. The summed E-state index contributed by atoms with van der Waals surface area (Å²) in [5.74, 6) is 0.109. The molecule has 3 atom stereocenters. The van der Waals surface area contributed by atoms with Gasteiger partial charge in [0.05, 0.1) is 11.7 Å². The first-order valence-electron chi connectivity index (χ1n) is 10.5. The Morgan fingerprint density at radius 3 is 2.79 bits per heavy atom. The average molecular weight is 382 g/mol. The van der Waals surface area contributed by atoms with E-state index in [1.807, 2.05) is 29.2 Å². The van der Waals surface area contributed by atoms with Crippen molar-refractivity contribution in [2.75, 3.05) is 11.9 Å². The van der Waals surface area contributed by atoms with Crippen molar-refractivity contribution in [3.8, 4) is 0 Å². The van der Waals surface area contributed by atoms with Crippen LogP contribution in [0.25, 0.3) is 0 Å². The number of anilines is 1. The molecule has 0 radical (unpaired) electrons. The molecule has 28 heavy (non-hydrogen) atoms. The number of amides is 1. The molecule has 2 aliphatic rings. The first-order chi connectivity index (χ1) is 13.5. The number of hydrogen-bond donors (Lipinski definition) is 1. The third-order valence-electron chi connectivity index (χ3n) is 6.35. The molecule has 150 valence electrons. The zero-order valence-electron chi connectivity index (χ0n) is 17.4. The van der Waals surface area contributed by atoms with E-state index in [0.717, 1.165) is 43.7 Å². The van der Waals surface area contributed by atoms with Crippen molar-refractivity contribution in [2.45, 2.75) is 71.8 Å². The largest absolute Gasteiger partial charge is 0.376 e. The molecule has 2 aliphatic heterocycles. The van der Waals surface area contributed by atoms with Gasteiger partial charge in [0, 0.05) is 41.8 Å². The number of aryl methyl sites for hydroxylation is 1. The van der Waals surface area contributed by atoms with Gasteiger partial charge >= 0.3 is 0 Å². The topological polar surface area (TPSA) is 46.5 Å². The minimum atomic E-state index is -0.151. The molecule has 1 amide bonds. The van der Waals surface area contributed by atoms with Crippen LogP contribution in [-0.4, -0.2) is 34.1 Å². The molecule has 2 aromatic rings. The predicted octanol–water partition coefficient (Wildman–Crippen LogP) is 4.65. The van der Waals surface area contributed by atoms with E-state index < -0.39 is 0 Å². The number of carbonyl (C=O) groups excluding carboxylic acids is 1. The number of benzene rings is 1. The first-order valence-corrected chi connectivity index (χ1v) is 10.5. The summed E-state index contributed by atoms with van der Waals surface area (Å²) in [5, 5.41) is 3.64. The number of rotatable bonds is 5. The van der Waals surface area contributed by atoms with Crippen LogP contribution in [-0.2, 0) is 11.3 Å². The number of fused-ring (bicyclic) bond motifs is 1. The second-order valence-electron chi connectivity index (χ2n) is 8.13. The second-order valence-corrected chi connectivity index (χ2v) is 8.13. The van der Waals surface area contributed by atoms with Gasteiger partial charge in [-0.2, -0.15) is 0 Å². The van der Waals surface area contributed by atoms with Gasteiger partial charge in [0.2, 0.25) is 0 Å². The second kappa shape index (κ2) is 7.63. The normalized spacial score (nSPS) is 22.9. The molecule has 1 aromatic heterocycles. The Balaban J connectivity index is 1.73. The van der Waals surface area contributed by atoms with Crippen molar-refractivity contribution < 1.29 is 9.53 Å². The summed E-state index contributed by atoms with van der Waals surface area (Å²) >= 11 is 0. The number of nitrogens with zero attached hydrogens (tertiary/aromatic N) is 2. The van der Waals surface area contributed by atoms with E-state index in [9.17, 15) is 4.79 Å². The maximum Gasteiger partial charge on any atom is 0.258 e. The highest BCUT2D eigenvalue weighted by molar-refractivity contribution is 6.01. The Bertz CT molecular complexity index is 867. The Morgan fingerprint density at radius 1 is 1.29 bits per heavy atom. The summed E-state index contributed by atoms with van der Waals surface area (Å²) in [6.45, 7) is 10.3. The molecule has 0 bridgehead atoms. The molecule has 3 heterocycles. The Labute approximate surface area is 167 Å². The van der Waals surface area contributed by atoms with Crippen molar-refractivity contribution in [1.82, 2.24) is 9.47 Å². The summed E-state index contributed by atoms with van der Waals surface area (Å²) in [4.78, 5) is 15.4. The molecule has 4 rings (SSSR count). The van der Waals surface area contributed by atoms with Crippen LogP contribution in [0.3, 0.4) is 0 Å². The van der Waals surface area contributed by atoms with Gasteiger partial charge in [-0.3, -0.25) is 4.79 Å². The van der Waals surface area contributed by atoms with Gasteiger partial charge in [0.15, 0.2) is 0 Å². The molecule has 1 saturated heterocycles. The van der Waals surface area contributed by atoms with Gasteiger partial charge in [-0.1, -0.05) is 19.1 Å². The molecule has 5 heteroatoms. The summed E-state index contributed by atoms with van der Waals surface area (Å²) in [5.41, 5.74) is 5.29. The molecule has 0 saturated carbocycles. The van der Waals surface area contributed by atoms with E-state index in [2.05, 4.69) is 43.6 Å². The molecule has 0 unspecified atom stereocenters. The van der Waals surface area contributed by atoms with Gasteiger partial charge in [-0.15, -0.1) is 0 Å². The van der Waals surface area contributed by atoms with Crippen LogP contribution < -0.4 is 5.32 Å². The van der Waals surface area contributed by atoms with E-state index in [4.69, 9.17) is 4.74 Å². The Kier molecular flexibility index (Phi) is 5.19. The van der Waals surface area contributed by atoms with E-state index in [1.165, 1.54) is 17.0 Å². The summed E-state index contributed by atoms with van der Waals surface area (Å²) in [7, 11) is 0. The fraction of sp³-hybridized carbons (Fsp3) is 0.522. The maximum absolute atomic E-state index is 13.3. The highest BCUT2D eigenvalue weighted by Crippen LogP contribution is 2.37. The quantitative estimate of drug-likeness (QED) is 0.820. The van der Waals surface area contributed by atoms with Gasteiger partial charge in [-0.25, -0.2) is 0 Å². The smallest absolute Gasteiger partial charge is 0.258 e. The number of nitrogens with one attached hydrogen (secondary N) is 1. The van der Waals surface area contributed by atoms with Gasteiger partial charge in [0.1, 0.15) is 6.17 Å². The number of aromatic nitrogens is 1. The number of ether oxygens (including phenoxy) is 1. The molecule has 1 fully saturated rings. The fourth-order valence-electron chi connectivity index (χ4n) is 4.53. The molecule has 1 aromatic carbocycles. The van der Waals surface area contributed by atoms with Crippen molar-refractivity contribution in [1.29, 1.82) is 0 Å². The lowest BCUT2D eigenvalue weighted by atomic mass is 10.0. The number of carbonyl (C=O) groups is 1. The van der Waals surface area contributed by atoms with E-state index in [-0.39, 0.29) is 18.1 Å². The van der Waals surface area contributed by atoms with Gasteiger partial charge in [0.25, 0.3) is 5.91 Å². The molecule has 0 spiro atoms. The zero-order valence-corrected chi connectivity index (χ0v) is 17.4. The highest BCUT2D eigenvalue weighted by Gasteiger charge is 2.37. The summed E-state index contributed by atoms with van der Waals surface area (Å²) in [6, 6.07) is 10.2. The van der Waals surface area contributed by atoms with Crippen molar-refractivity contribution >= 4 is 11.6 Å². The van der Waals surface area contributed by atoms with Crippen LogP contribution in [0, 0.1) is 13.8 Å². The predicted molar refractivity (Wildman–Crippen MR) is 112 cm³/mol. The Morgan fingerprint density at radius 2 is 2.07 bits per heavy atom. The molecular weight excluding hydrogens is 350 g/mol. The third-order valence-corrected chi connectivity index (χ3v) is 6.35. The zero-order chi connectivity index (χ0) is 19.8. The highest BCUT2D eigenvalue weighted by atomic mass is 16.5. The summed E-state index contributed by atoms with van der Waals surface area (Å²) in [6.07, 6.45) is 3.33. The Hall–Kier alpha value is -2.27. The van der Waals surface area contributed by atoms with Gasteiger partial charge in [-0.05, 0) is 58.2 Å². The number of para-hydroxylation sites is 1. The minimum absolute atomic E-state index is 0.109. The average Bonchev–Trinajstić information content (AvgIpc) is 3.31. The first kappa shape index (κ1) is 19.1. The van der Waals surface area contributed by atoms with Crippen molar-refractivity contribution in [3.63, 3.8) is 0 Å². The van der Waals surface area contributed by atoms with Crippen LogP contribution in [0.5, 0.6) is 0 Å². The van der Waals surface area contributed by atoms with Crippen LogP contribution >= 0.6 is 0 Å². The number of hydrogen-bond acceptors (Lipinski definition) is 3. The minimum Gasteiger partial charge on any atom is -0.376 e. The standard InChI is InChI=1S/C23H31N3O2/c1-5-15(2)26-22(24-21-11-7-6-10-19(21)23(26)27)20-13-16(3)25(17(20)4)14-18-9-8-12-28-18/h6-7,10-11,13,15,18,22,24H,5,8-9,12,14H2,1-4H3/t15-,18-,22+/m0/s1. The van der Waals surface area contributed by atoms with Gasteiger partial charge < -0.3 is 19.5 Å². The SMILES string of the molecule is CC[C@H](C)N1C(=O)c2ccccc2N[C@H]1c1cc(C)n(C[C@@H]2CCCO2)c1C. The molecule has 0 aliphatic carbocycles. The fourth-order valence-corrected chi connectivity index (χ4v) is 4.53. The van der Waals surface area contributed by atoms with E-state index >= 15 is 0 Å². The van der Waals surface area contributed by atoms with E-state index in [0.29, 0.717) is 6.10 Å². The van der Waals surface area contributed by atoms with E-state index in [1.54, 1.807) is 0 Å². The van der Waals surface area contributed by atoms with Crippen LogP contribution in [0.4, 0.5) is 5.69 Å².